The van der Waals surface area contributed by atoms with Gasteiger partial charge >= 0.3 is 0 Å². The van der Waals surface area contributed by atoms with Gasteiger partial charge in [0.25, 0.3) is 5.91 Å². The second kappa shape index (κ2) is 7.38. The number of carbonyl (C=O) groups excluding carboxylic acids is 1. The summed E-state index contributed by atoms with van der Waals surface area (Å²) in [6.45, 7) is 2.87. The molecule has 0 atom stereocenters. The molecule has 0 radical (unpaired) electrons. The van der Waals surface area contributed by atoms with Gasteiger partial charge in [-0.25, -0.2) is 0 Å². The Bertz CT molecular complexity index is 916. The SMILES string of the molecule is Cc1ccc(SCc2ccc(C(=O)N3CCc4ccccc43)cc2)cc1. The molecule has 0 fully saturated rings. The van der Waals surface area contributed by atoms with Gasteiger partial charge in [0, 0.05) is 28.4 Å². The van der Waals surface area contributed by atoms with E-state index < -0.39 is 0 Å². The molecule has 0 saturated heterocycles. The first-order valence-corrected chi connectivity index (χ1v) is 9.87. The van der Waals surface area contributed by atoms with Crippen molar-refractivity contribution >= 4 is 23.4 Å². The molecule has 0 aliphatic carbocycles. The van der Waals surface area contributed by atoms with Crippen LogP contribution < -0.4 is 4.90 Å². The van der Waals surface area contributed by atoms with E-state index >= 15 is 0 Å². The minimum atomic E-state index is 0.0905. The zero-order valence-electron chi connectivity index (χ0n) is 14.8. The lowest BCUT2D eigenvalue weighted by atomic mass is 10.1. The Hall–Kier alpha value is -2.52. The Morgan fingerprint density at radius 1 is 0.962 bits per heavy atom. The molecule has 1 aliphatic heterocycles. The van der Waals surface area contributed by atoms with Gasteiger partial charge < -0.3 is 4.90 Å². The molecular weight excluding hydrogens is 338 g/mol. The molecule has 26 heavy (non-hydrogen) atoms. The number of hydrogen-bond acceptors (Lipinski definition) is 2. The predicted molar refractivity (Wildman–Crippen MR) is 109 cm³/mol. The van der Waals surface area contributed by atoms with Crippen molar-refractivity contribution < 1.29 is 4.79 Å². The zero-order valence-corrected chi connectivity index (χ0v) is 15.6. The van der Waals surface area contributed by atoms with Crippen LogP contribution in [-0.2, 0) is 12.2 Å². The van der Waals surface area contributed by atoms with Crippen LogP contribution in [0.3, 0.4) is 0 Å². The largest absolute Gasteiger partial charge is 0.308 e. The monoisotopic (exact) mass is 359 g/mol. The van der Waals surface area contributed by atoms with E-state index in [1.165, 1.54) is 21.6 Å². The lowest BCUT2D eigenvalue weighted by Crippen LogP contribution is -2.28. The molecule has 0 spiro atoms. The van der Waals surface area contributed by atoms with Gasteiger partial charge in [-0.05, 0) is 54.8 Å². The molecule has 1 amide bonds. The summed E-state index contributed by atoms with van der Waals surface area (Å²) in [5, 5.41) is 0. The van der Waals surface area contributed by atoms with Gasteiger partial charge in [-0.15, -0.1) is 11.8 Å². The summed E-state index contributed by atoms with van der Waals surface area (Å²) < 4.78 is 0. The molecule has 1 heterocycles. The van der Waals surface area contributed by atoms with Gasteiger partial charge in [0.1, 0.15) is 0 Å². The number of para-hydroxylation sites is 1. The second-order valence-electron chi connectivity index (χ2n) is 6.63. The number of anilines is 1. The van der Waals surface area contributed by atoms with Crippen molar-refractivity contribution in [3.05, 3.63) is 95.1 Å². The van der Waals surface area contributed by atoms with E-state index in [2.05, 4.69) is 49.4 Å². The molecule has 1 aliphatic rings. The van der Waals surface area contributed by atoms with E-state index in [-0.39, 0.29) is 5.91 Å². The van der Waals surface area contributed by atoms with E-state index in [4.69, 9.17) is 0 Å². The molecule has 3 aromatic carbocycles. The summed E-state index contributed by atoms with van der Waals surface area (Å²) in [6, 6.07) is 24.8. The maximum absolute atomic E-state index is 12.9. The Balaban J connectivity index is 1.43. The minimum Gasteiger partial charge on any atom is -0.308 e. The number of nitrogens with zero attached hydrogens (tertiary/aromatic N) is 1. The summed E-state index contributed by atoms with van der Waals surface area (Å²) in [5.41, 5.74) is 5.57. The molecule has 3 aromatic rings. The molecule has 0 unspecified atom stereocenters. The van der Waals surface area contributed by atoms with Crippen LogP contribution in [0, 0.1) is 6.92 Å². The summed E-state index contributed by atoms with van der Waals surface area (Å²) in [4.78, 5) is 16.0. The fourth-order valence-corrected chi connectivity index (χ4v) is 4.10. The average Bonchev–Trinajstić information content (AvgIpc) is 3.11. The van der Waals surface area contributed by atoms with Crippen molar-refractivity contribution in [2.24, 2.45) is 0 Å². The van der Waals surface area contributed by atoms with Crippen LogP contribution in [0.2, 0.25) is 0 Å². The van der Waals surface area contributed by atoms with E-state index in [1.54, 1.807) is 0 Å². The second-order valence-corrected chi connectivity index (χ2v) is 7.68. The van der Waals surface area contributed by atoms with E-state index in [9.17, 15) is 4.79 Å². The van der Waals surface area contributed by atoms with Gasteiger partial charge in [0.2, 0.25) is 0 Å². The highest BCUT2D eigenvalue weighted by atomic mass is 32.2. The fourth-order valence-electron chi connectivity index (χ4n) is 3.25. The van der Waals surface area contributed by atoms with E-state index in [0.29, 0.717) is 0 Å². The molecule has 0 N–H and O–H groups in total. The molecule has 0 saturated carbocycles. The van der Waals surface area contributed by atoms with Gasteiger partial charge in [-0.1, -0.05) is 48.0 Å². The van der Waals surface area contributed by atoms with Crippen molar-refractivity contribution in [3.63, 3.8) is 0 Å². The quantitative estimate of drug-likeness (QED) is 0.574. The lowest BCUT2D eigenvalue weighted by molar-refractivity contribution is 0.0989. The van der Waals surface area contributed by atoms with Crippen LogP contribution in [0.1, 0.15) is 27.0 Å². The number of aryl methyl sites for hydroxylation is 1. The third-order valence-electron chi connectivity index (χ3n) is 4.76. The van der Waals surface area contributed by atoms with Gasteiger partial charge in [-0.3, -0.25) is 4.79 Å². The summed E-state index contributed by atoms with van der Waals surface area (Å²) in [7, 11) is 0. The molecule has 0 bridgehead atoms. The lowest BCUT2D eigenvalue weighted by Gasteiger charge is -2.17. The average molecular weight is 359 g/mol. The number of benzene rings is 3. The maximum atomic E-state index is 12.9. The molecule has 2 nitrogen and oxygen atoms in total. The van der Waals surface area contributed by atoms with Crippen molar-refractivity contribution in [1.29, 1.82) is 0 Å². The van der Waals surface area contributed by atoms with Crippen LogP contribution in [0.5, 0.6) is 0 Å². The summed E-state index contributed by atoms with van der Waals surface area (Å²) in [5.74, 6) is 0.997. The standard InChI is InChI=1S/C23H21NOS/c1-17-6-12-21(13-7-17)26-16-18-8-10-20(11-9-18)23(25)24-15-14-19-4-2-3-5-22(19)24/h2-13H,14-16H2,1H3. The van der Waals surface area contributed by atoms with Crippen molar-refractivity contribution in [1.82, 2.24) is 0 Å². The van der Waals surface area contributed by atoms with Gasteiger partial charge in [-0.2, -0.15) is 0 Å². The Labute approximate surface area is 158 Å². The van der Waals surface area contributed by atoms with Crippen molar-refractivity contribution in [3.8, 4) is 0 Å². The molecular formula is C23H21NOS. The molecule has 4 rings (SSSR count). The number of thioether (sulfide) groups is 1. The first kappa shape index (κ1) is 16.9. The first-order valence-electron chi connectivity index (χ1n) is 8.89. The molecule has 130 valence electrons. The topological polar surface area (TPSA) is 20.3 Å². The highest BCUT2D eigenvalue weighted by molar-refractivity contribution is 7.98. The van der Waals surface area contributed by atoms with Crippen LogP contribution >= 0.6 is 11.8 Å². The van der Waals surface area contributed by atoms with E-state index in [1.807, 2.05) is 47.0 Å². The van der Waals surface area contributed by atoms with Gasteiger partial charge in [0.05, 0.1) is 0 Å². The fraction of sp³-hybridized carbons (Fsp3) is 0.174. The zero-order chi connectivity index (χ0) is 17.9. The highest BCUT2D eigenvalue weighted by Gasteiger charge is 2.24. The Kier molecular flexibility index (Phi) is 4.81. The van der Waals surface area contributed by atoms with E-state index in [0.717, 1.165) is 30.0 Å². The number of fused-ring (bicyclic) bond motifs is 1. The molecule has 3 heteroatoms. The third kappa shape index (κ3) is 3.54. The normalized spacial score (nSPS) is 12.9. The number of carbonyl (C=O) groups is 1. The number of amides is 1. The third-order valence-corrected chi connectivity index (χ3v) is 5.84. The van der Waals surface area contributed by atoms with Crippen LogP contribution in [0.4, 0.5) is 5.69 Å². The smallest absolute Gasteiger partial charge is 0.258 e. The minimum absolute atomic E-state index is 0.0905. The number of rotatable bonds is 4. The van der Waals surface area contributed by atoms with Crippen LogP contribution in [-0.4, -0.2) is 12.5 Å². The predicted octanol–water partition coefficient (Wildman–Crippen LogP) is 5.49. The number of hydrogen-bond donors (Lipinski definition) is 0. The maximum Gasteiger partial charge on any atom is 0.258 e. The van der Waals surface area contributed by atoms with Crippen molar-refractivity contribution in [2.75, 3.05) is 11.4 Å². The van der Waals surface area contributed by atoms with Crippen LogP contribution in [0.15, 0.2) is 77.7 Å². The van der Waals surface area contributed by atoms with Crippen LogP contribution in [0.25, 0.3) is 0 Å². The Morgan fingerprint density at radius 2 is 1.69 bits per heavy atom. The Morgan fingerprint density at radius 3 is 2.46 bits per heavy atom. The highest BCUT2D eigenvalue weighted by Crippen LogP contribution is 2.29. The summed E-state index contributed by atoms with van der Waals surface area (Å²) >= 11 is 1.82. The summed E-state index contributed by atoms with van der Waals surface area (Å²) in [6.07, 6.45) is 0.938. The van der Waals surface area contributed by atoms with Gasteiger partial charge in [0.15, 0.2) is 0 Å². The first-order chi connectivity index (χ1) is 12.7. The molecule has 0 aromatic heterocycles. The van der Waals surface area contributed by atoms with Crippen molar-refractivity contribution in [2.45, 2.75) is 24.0 Å².